The largest absolute Gasteiger partial charge is 0.465 e. The van der Waals surface area contributed by atoms with Gasteiger partial charge in [-0.05, 0) is 38.0 Å². The minimum Gasteiger partial charge on any atom is -0.465 e. The topological polar surface area (TPSA) is 69.9 Å². The molecule has 4 rings (SSSR count). The van der Waals surface area contributed by atoms with Gasteiger partial charge in [-0.15, -0.1) is 0 Å². The predicted octanol–water partition coefficient (Wildman–Crippen LogP) is 2.79. The van der Waals surface area contributed by atoms with Crippen molar-refractivity contribution < 1.29 is 9.53 Å². The van der Waals surface area contributed by atoms with E-state index in [1.54, 1.807) is 10.9 Å². The van der Waals surface area contributed by atoms with E-state index in [9.17, 15) is 4.79 Å². The Morgan fingerprint density at radius 1 is 1.35 bits per heavy atom. The minimum absolute atomic E-state index is 0.358. The number of aryl methyl sites for hydroxylation is 1. The molecule has 0 saturated heterocycles. The Kier molecular flexibility index (Phi) is 3.11. The molecule has 0 bridgehead atoms. The molecule has 0 unspecified atom stereocenters. The lowest BCUT2D eigenvalue weighted by molar-refractivity contribution is 0.0602. The Hall–Kier alpha value is -2.76. The van der Waals surface area contributed by atoms with Crippen LogP contribution in [0.4, 0.5) is 0 Å². The van der Waals surface area contributed by atoms with E-state index in [2.05, 4.69) is 10.1 Å². The zero-order valence-electron chi connectivity index (χ0n) is 13.0. The minimum atomic E-state index is -0.358. The van der Waals surface area contributed by atoms with Crippen molar-refractivity contribution in [3.05, 3.63) is 47.4 Å². The summed E-state index contributed by atoms with van der Waals surface area (Å²) in [4.78, 5) is 21.3. The second-order valence-corrected chi connectivity index (χ2v) is 5.74. The van der Waals surface area contributed by atoms with E-state index in [1.165, 1.54) is 7.11 Å². The molecule has 1 aliphatic rings. The van der Waals surface area contributed by atoms with E-state index in [4.69, 9.17) is 9.72 Å². The van der Waals surface area contributed by atoms with E-state index >= 15 is 0 Å². The number of hydrogen-bond donors (Lipinski definition) is 0. The van der Waals surface area contributed by atoms with Crippen molar-refractivity contribution in [2.75, 3.05) is 7.11 Å². The van der Waals surface area contributed by atoms with Gasteiger partial charge >= 0.3 is 5.97 Å². The molecule has 3 aromatic rings. The van der Waals surface area contributed by atoms with E-state index in [1.807, 2.05) is 31.2 Å². The summed E-state index contributed by atoms with van der Waals surface area (Å²) >= 11 is 0. The monoisotopic (exact) mass is 308 g/mol. The summed E-state index contributed by atoms with van der Waals surface area (Å²) in [5.74, 6) is 0.750. The Morgan fingerprint density at radius 3 is 2.83 bits per heavy atom. The summed E-state index contributed by atoms with van der Waals surface area (Å²) in [6.07, 6.45) is 3.93. The number of nitrogens with zero attached hydrogens (tertiary/aromatic N) is 4. The molecule has 3 aromatic heterocycles. The van der Waals surface area contributed by atoms with Crippen LogP contribution in [0.25, 0.3) is 16.9 Å². The number of esters is 1. The van der Waals surface area contributed by atoms with Gasteiger partial charge in [-0.1, -0.05) is 6.07 Å². The molecule has 0 aliphatic heterocycles. The van der Waals surface area contributed by atoms with Gasteiger partial charge in [0.1, 0.15) is 0 Å². The quantitative estimate of drug-likeness (QED) is 0.696. The lowest BCUT2D eigenvalue weighted by Crippen LogP contribution is -2.06. The summed E-state index contributed by atoms with van der Waals surface area (Å²) in [5, 5.41) is 5.27. The van der Waals surface area contributed by atoms with Crippen LogP contribution < -0.4 is 0 Å². The number of methoxy groups -OCH3 is 1. The van der Waals surface area contributed by atoms with Crippen molar-refractivity contribution in [1.29, 1.82) is 0 Å². The van der Waals surface area contributed by atoms with E-state index in [0.717, 1.165) is 29.6 Å². The number of pyridine rings is 2. The van der Waals surface area contributed by atoms with Crippen LogP contribution in [0.1, 0.15) is 40.5 Å². The smallest absolute Gasteiger partial charge is 0.338 e. The molecule has 1 saturated carbocycles. The fraction of sp³-hybridized carbons (Fsp3) is 0.294. The highest BCUT2D eigenvalue weighted by atomic mass is 16.5. The van der Waals surface area contributed by atoms with Gasteiger partial charge in [-0.25, -0.2) is 14.8 Å². The molecule has 0 amide bonds. The average molecular weight is 308 g/mol. The van der Waals surface area contributed by atoms with Crippen molar-refractivity contribution >= 4 is 17.0 Å². The van der Waals surface area contributed by atoms with Gasteiger partial charge in [0.25, 0.3) is 0 Å². The van der Waals surface area contributed by atoms with Crippen molar-refractivity contribution in [2.45, 2.75) is 25.7 Å². The van der Waals surface area contributed by atoms with Gasteiger partial charge in [-0.2, -0.15) is 9.78 Å². The Labute approximate surface area is 133 Å². The van der Waals surface area contributed by atoms with Crippen LogP contribution in [0.5, 0.6) is 0 Å². The summed E-state index contributed by atoms with van der Waals surface area (Å²) in [6.45, 7) is 1.87. The summed E-state index contributed by atoms with van der Waals surface area (Å²) in [6, 6.07) is 7.47. The molecule has 23 heavy (non-hydrogen) atoms. The van der Waals surface area contributed by atoms with Crippen LogP contribution in [0, 0.1) is 6.92 Å². The van der Waals surface area contributed by atoms with Crippen LogP contribution in [-0.4, -0.2) is 32.8 Å². The molecule has 6 heteroatoms. The van der Waals surface area contributed by atoms with Gasteiger partial charge < -0.3 is 4.74 Å². The number of rotatable bonds is 3. The number of aromatic nitrogens is 4. The molecule has 1 aliphatic carbocycles. The molecule has 0 atom stereocenters. The zero-order chi connectivity index (χ0) is 16.0. The standard InChI is InChI=1S/C17H16N4O2/c1-10-15-12(17(22)23-2)9-13(11-6-7-11)19-16(15)21(20-10)14-5-3-4-8-18-14/h3-5,8-9,11H,6-7H2,1-2H3. The molecule has 0 aromatic carbocycles. The molecule has 116 valence electrons. The SMILES string of the molecule is COC(=O)c1cc(C2CC2)nc2c1c(C)nn2-c1ccccn1. The second kappa shape index (κ2) is 5.15. The molecular weight excluding hydrogens is 292 g/mol. The van der Waals surface area contributed by atoms with Crippen LogP contribution in [-0.2, 0) is 4.74 Å². The highest BCUT2D eigenvalue weighted by Gasteiger charge is 2.29. The predicted molar refractivity (Wildman–Crippen MR) is 84.7 cm³/mol. The van der Waals surface area contributed by atoms with Gasteiger partial charge in [0.15, 0.2) is 11.5 Å². The van der Waals surface area contributed by atoms with Crippen molar-refractivity contribution in [1.82, 2.24) is 19.7 Å². The van der Waals surface area contributed by atoms with Crippen molar-refractivity contribution in [2.24, 2.45) is 0 Å². The van der Waals surface area contributed by atoms with E-state index in [-0.39, 0.29) is 5.97 Å². The van der Waals surface area contributed by atoms with Gasteiger partial charge in [-0.3, -0.25) is 0 Å². The summed E-state index contributed by atoms with van der Waals surface area (Å²) in [7, 11) is 1.39. The van der Waals surface area contributed by atoms with Crippen LogP contribution in [0.15, 0.2) is 30.5 Å². The lowest BCUT2D eigenvalue weighted by Gasteiger charge is -2.07. The Morgan fingerprint density at radius 2 is 2.17 bits per heavy atom. The first kappa shape index (κ1) is 13.9. The Bertz CT molecular complexity index is 898. The van der Waals surface area contributed by atoms with Gasteiger partial charge in [0, 0.05) is 17.8 Å². The average Bonchev–Trinajstić information content (AvgIpc) is 3.39. The van der Waals surface area contributed by atoms with Gasteiger partial charge in [0.05, 0.1) is 23.8 Å². The second-order valence-electron chi connectivity index (χ2n) is 5.74. The third-order valence-electron chi connectivity index (χ3n) is 4.10. The van der Waals surface area contributed by atoms with Crippen LogP contribution in [0.2, 0.25) is 0 Å². The fourth-order valence-corrected chi connectivity index (χ4v) is 2.81. The fourth-order valence-electron chi connectivity index (χ4n) is 2.81. The van der Waals surface area contributed by atoms with Crippen molar-refractivity contribution in [3.63, 3.8) is 0 Å². The molecular formula is C17H16N4O2. The number of fused-ring (bicyclic) bond motifs is 1. The highest BCUT2D eigenvalue weighted by molar-refractivity contribution is 6.04. The maximum Gasteiger partial charge on any atom is 0.338 e. The van der Waals surface area contributed by atoms with E-state index in [0.29, 0.717) is 22.9 Å². The molecule has 0 N–H and O–H groups in total. The maximum atomic E-state index is 12.2. The van der Waals surface area contributed by atoms with E-state index < -0.39 is 0 Å². The number of hydrogen-bond acceptors (Lipinski definition) is 5. The molecule has 3 heterocycles. The number of carbonyl (C=O) groups excluding carboxylic acids is 1. The third-order valence-corrected chi connectivity index (χ3v) is 4.10. The summed E-state index contributed by atoms with van der Waals surface area (Å²) in [5.41, 5.74) is 2.85. The molecule has 6 nitrogen and oxygen atoms in total. The maximum absolute atomic E-state index is 12.2. The highest BCUT2D eigenvalue weighted by Crippen LogP contribution is 2.40. The number of ether oxygens (including phenoxy) is 1. The summed E-state index contributed by atoms with van der Waals surface area (Å²) < 4.78 is 6.65. The molecule has 1 fully saturated rings. The first-order valence-electron chi connectivity index (χ1n) is 7.59. The normalized spacial score (nSPS) is 14.2. The number of carbonyl (C=O) groups is 1. The first-order chi connectivity index (χ1) is 11.2. The lowest BCUT2D eigenvalue weighted by atomic mass is 10.1. The van der Waals surface area contributed by atoms with Crippen LogP contribution in [0.3, 0.4) is 0 Å². The van der Waals surface area contributed by atoms with Crippen molar-refractivity contribution in [3.8, 4) is 5.82 Å². The first-order valence-corrected chi connectivity index (χ1v) is 7.59. The third kappa shape index (κ3) is 2.27. The Balaban J connectivity index is 2.03. The molecule has 0 spiro atoms. The molecule has 0 radical (unpaired) electrons. The van der Waals surface area contributed by atoms with Gasteiger partial charge in [0.2, 0.25) is 0 Å². The van der Waals surface area contributed by atoms with Crippen LogP contribution >= 0.6 is 0 Å². The zero-order valence-corrected chi connectivity index (χ0v) is 13.0.